The average molecular weight is 280 g/mol. The van der Waals surface area contributed by atoms with Gasteiger partial charge in [0.25, 0.3) is 0 Å². The first-order valence-electron chi connectivity index (χ1n) is 7.00. The van der Waals surface area contributed by atoms with Crippen LogP contribution in [0.4, 0.5) is 4.79 Å². The van der Waals surface area contributed by atoms with Gasteiger partial charge >= 0.3 is 6.03 Å². The van der Waals surface area contributed by atoms with Crippen molar-refractivity contribution in [2.45, 2.75) is 25.3 Å². The highest BCUT2D eigenvalue weighted by atomic mass is 32.1. The monoisotopic (exact) mass is 280 g/mol. The lowest BCUT2D eigenvalue weighted by molar-refractivity contribution is 0.179. The number of likely N-dealkylation sites (tertiary alicyclic amines) is 1. The summed E-state index contributed by atoms with van der Waals surface area (Å²) in [5.74, 6) is 0.492. The molecule has 1 N–H and O–H groups in total. The molecule has 3 rings (SSSR count). The predicted octanol–water partition coefficient (Wildman–Crippen LogP) is 2.63. The molecule has 2 aliphatic heterocycles. The SMILES string of the molecule is O=C(NC[C@H]1CCOC1)N1CCC[C@@H]1c1cccs1. The Kier molecular flexibility index (Phi) is 4.03. The molecule has 0 unspecified atom stereocenters. The molecule has 0 bridgehead atoms. The molecule has 0 spiro atoms. The molecule has 0 aromatic carbocycles. The second-order valence-corrected chi connectivity index (χ2v) is 6.26. The minimum Gasteiger partial charge on any atom is -0.381 e. The number of ether oxygens (including phenoxy) is 1. The summed E-state index contributed by atoms with van der Waals surface area (Å²) in [5, 5.41) is 5.15. The zero-order valence-corrected chi connectivity index (χ0v) is 11.8. The van der Waals surface area contributed by atoms with Crippen LogP contribution in [-0.4, -0.2) is 37.2 Å². The van der Waals surface area contributed by atoms with E-state index < -0.39 is 0 Å². The third-order valence-corrected chi connectivity index (χ3v) is 4.92. The maximum absolute atomic E-state index is 12.3. The van der Waals surface area contributed by atoms with E-state index in [-0.39, 0.29) is 12.1 Å². The van der Waals surface area contributed by atoms with E-state index in [9.17, 15) is 4.79 Å². The van der Waals surface area contributed by atoms with E-state index in [1.807, 2.05) is 4.90 Å². The van der Waals surface area contributed by atoms with E-state index in [1.54, 1.807) is 11.3 Å². The quantitative estimate of drug-likeness (QED) is 0.924. The van der Waals surface area contributed by atoms with Crippen molar-refractivity contribution in [2.75, 3.05) is 26.3 Å². The third-order valence-electron chi connectivity index (χ3n) is 3.95. The van der Waals surface area contributed by atoms with Crippen LogP contribution in [0.3, 0.4) is 0 Å². The molecule has 2 aliphatic rings. The highest BCUT2D eigenvalue weighted by Crippen LogP contribution is 2.34. The molecular weight excluding hydrogens is 260 g/mol. The van der Waals surface area contributed by atoms with Gasteiger partial charge < -0.3 is 15.0 Å². The molecule has 104 valence electrons. The number of carbonyl (C=O) groups is 1. The van der Waals surface area contributed by atoms with Gasteiger partial charge in [0.05, 0.1) is 12.6 Å². The summed E-state index contributed by atoms with van der Waals surface area (Å²) < 4.78 is 5.33. The Morgan fingerprint density at radius 3 is 3.21 bits per heavy atom. The molecule has 4 nitrogen and oxygen atoms in total. The summed E-state index contributed by atoms with van der Waals surface area (Å²) in [7, 11) is 0. The van der Waals surface area contributed by atoms with Crippen LogP contribution in [0.2, 0.25) is 0 Å². The summed E-state index contributed by atoms with van der Waals surface area (Å²) in [4.78, 5) is 15.6. The number of nitrogens with zero attached hydrogens (tertiary/aromatic N) is 1. The molecule has 5 heteroatoms. The Hall–Kier alpha value is -1.07. The van der Waals surface area contributed by atoms with E-state index in [0.717, 1.165) is 45.6 Å². The zero-order valence-electron chi connectivity index (χ0n) is 11.0. The summed E-state index contributed by atoms with van der Waals surface area (Å²) in [6.07, 6.45) is 3.25. The number of hydrogen-bond donors (Lipinski definition) is 1. The lowest BCUT2D eigenvalue weighted by Crippen LogP contribution is -2.41. The molecule has 3 heterocycles. The Bertz CT molecular complexity index is 415. The van der Waals surface area contributed by atoms with Gasteiger partial charge in [0, 0.05) is 30.5 Å². The number of hydrogen-bond acceptors (Lipinski definition) is 3. The Balaban J connectivity index is 1.56. The molecule has 0 aliphatic carbocycles. The van der Waals surface area contributed by atoms with Crippen molar-refractivity contribution in [1.82, 2.24) is 10.2 Å². The normalized spacial score (nSPS) is 26.8. The van der Waals surface area contributed by atoms with Gasteiger partial charge in [0.15, 0.2) is 0 Å². The molecule has 0 radical (unpaired) electrons. The topological polar surface area (TPSA) is 41.6 Å². The van der Waals surface area contributed by atoms with Crippen LogP contribution in [0.15, 0.2) is 17.5 Å². The van der Waals surface area contributed by atoms with Crippen molar-refractivity contribution in [1.29, 1.82) is 0 Å². The van der Waals surface area contributed by atoms with Gasteiger partial charge in [-0.1, -0.05) is 6.07 Å². The first-order valence-corrected chi connectivity index (χ1v) is 7.88. The van der Waals surface area contributed by atoms with Crippen LogP contribution in [0, 0.1) is 5.92 Å². The van der Waals surface area contributed by atoms with Gasteiger partial charge in [-0.15, -0.1) is 11.3 Å². The van der Waals surface area contributed by atoms with E-state index >= 15 is 0 Å². The van der Waals surface area contributed by atoms with Gasteiger partial charge in [-0.3, -0.25) is 0 Å². The molecule has 2 fully saturated rings. The number of urea groups is 1. The van der Waals surface area contributed by atoms with Gasteiger partial charge in [-0.05, 0) is 30.7 Å². The Morgan fingerprint density at radius 2 is 2.47 bits per heavy atom. The number of rotatable bonds is 3. The lowest BCUT2D eigenvalue weighted by atomic mass is 10.1. The van der Waals surface area contributed by atoms with Crippen molar-refractivity contribution < 1.29 is 9.53 Å². The van der Waals surface area contributed by atoms with Crippen LogP contribution in [-0.2, 0) is 4.74 Å². The van der Waals surface area contributed by atoms with Crippen LogP contribution < -0.4 is 5.32 Å². The van der Waals surface area contributed by atoms with Crippen LogP contribution in [0.5, 0.6) is 0 Å². The van der Waals surface area contributed by atoms with E-state index in [1.165, 1.54) is 4.88 Å². The summed E-state index contributed by atoms with van der Waals surface area (Å²) >= 11 is 1.74. The molecule has 2 atom stereocenters. The van der Waals surface area contributed by atoms with Crippen LogP contribution in [0.25, 0.3) is 0 Å². The standard InChI is InChI=1S/C14H20N2O2S/c17-14(15-9-11-5-7-18-10-11)16-6-1-3-12(16)13-4-2-8-19-13/h2,4,8,11-12H,1,3,5-7,9-10H2,(H,15,17)/t11-,12-/m1/s1. The lowest BCUT2D eigenvalue weighted by Gasteiger charge is -2.24. The first-order chi connectivity index (χ1) is 9.34. The number of nitrogens with one attached hydrogen (secondary N) is 1. The van der Waals surface area contributed by atoms with Crippen molar-refractivity contribution in [3.05, 3.63) is 22.4 Å². The maximum Gasteiger partial charge on any atom is 0.317 e. The number of thiophene rings is 1. The Labute approximate surface area is 117 Å². The first kappa shape index (κ1) is 12.9. The fourth-order valence-electron chi connectivity index (χ4n) is 2.86. The minimum atomic E-state index is 0.0859. The van der Waals surface area contributed by atoms with Crippen molar-refractivity contribution in [2.24, 2.45) is 5.92 Å². The summed E-state index contributed by atoms with van der Waals surface area (Å²) in [6.45, 7) is 3.23. The van der Waals surface area contributed by atoms with Gasteiger partial charge in [-0.25, -0.2) is 4.79 Å². The van der Waals surface area contributed by atoms with E-state index in [0.29, 0.717) is 5.92 Å². The second-order valence-electron chi connectivity index (χ2n) is 5.28. The number of amides is 2. The van der Waals surface area contributed by atoms with Crippen molar-refractivity contribution >= 4 is 17.4 Å². The van der Waals surface area contributed by atoms with Crippen molar-refractivity contribution in [3.63, 3.8) is 0 Å². The van der Waals surface area contributed by atoms with E-state index in [2.05, 4.69) is 22.8 Å². The molecule has 2 saturated heterocycles. The average Bonchev–Trinajstić information content (AvgIpc) is 3.14. The van der Waals surface area contributed by atoms with Gasteiger partial charge in [-0.2, -0.15) is 0 Å². The molecule has 19 heavy (non-hydrogen) atoms. The Morgan fingerprint density at radius 1 is 1.53 bits per heavy atom. The predicted molar refractivity (Wildman–Crippen MR) is 75.3 cm³/mol. The van der Waals surface area contributed by atoms with Crippen molar-refractivity contribution in [3.8, 4) is 0 Å². The number of carbonyl (C=O) groups excluding carboxylic acids is 1. The summed E-state index contributed by atoms with van der Waals surface area (Å²) in [5.41, 5.74) is 0. The van der Waals surface area contributed by atoms with Gasteiger partial charge in [0.2, 0.25) is 0 Å². The molecule has 1 aromatic rings. The van der Waals surface area contributed by atoms with Crippen LogP contribution in [0.1, 0.15) is 30.2 Å². The minimum absolute atomic E-state index is 0.0859. The molecule has 2 amide bonds. The highest BCUT2D eigenvalue weighted by Gasteiger charge is 2.30. The smallest absolute Gasteiger partial charge is 0.317 e. The fraction of sp³-hybridized carbons (Fsp3) is 0.643. The molecule has 1 aromatic heterocycles. The highest BCUT2D eigenvalue weighted by molar-refractivity contribution is 7.10. The van der Waals surface area contributed by atoms with E-state index in [4.69, 9.17) is 4.74 Å². The summed E-state index contributed by atoms with van der Waals surface area (Å²) in [6, 6.07) is 4.55. The fourth-order valence-corrected chi connectivity index (χ4v) is 3.74. The zero-order chi connectivity index (χ0) is 13.1. The third kappa shape index (κ3) is 2.92. The second kappa shape index (κ2) is 5.92. The maximum atomic E-state index is 12.3. The van der Waals surface area contributed by atoms with Crippen LogP contribution >= 0.6 is 11.3 Å². The molecule has 0 saturated carbocycles. The molecular formula is C14H20N2O2S. The van der Waals surface area contributed by atoms with Gasteiger partial charge in [0.1, 0.15) is 0 Å². The largest absolute Gasteiger partial charge is 0.381 e.